The zero-order valence-electron chi connectivity index (χ0n) is 7.89. The van der Waals surface area contributed by atoms with Gasteiger partial charge in [-0.25, -0.2) is 0 Å². The van der Waals surface area contributed by atoms with E-state index in [1.807, 2.05) is 0 Å². The van der Waals surface area contributed by atoms with Crippen molar-refractivity contribution in [2.45, 2.75) is 18.9 Å². The average molecular weight is 191 g/mol. The quantitative estimate of drug-likeness (QED) is 0.637. The lowest BCUT2D eigenvalue weighted by Crippen LogP contribution is -2.37. The third-order valence-corrected chi connectivity index (χ3v) is 3.04. The number of ether oxygens (including phenoxy) is 1. The van der Waals surface area contributed by atoms with Crippen LogP contribution < -0.4 is 0 Å². The Morgan fingerprint density at radius 2 is 2.29 bits per heavy atom. The zero-order chi connectivity index (χ0) is 9.97. The van der Waals surface area contributed by atoms with Crippen molar-refractivity contribution in [1.29, 1.82) is 5.26 Å². The number of allylic oxidation sites excluding steroid dienone is 3. The molecule has 1 aliphatic heterocycles. The van der Waals surface area contributed by atoms with Crippen LogP contribution in [0, 0.1) is 23.2 Å². The molecule has 0 radical (unpaired) electrons. The molecular formula is C11H13NO2. The molecule has 0 spiro atoms. The molecule has 0 aromatic heterocycles. The smallest absolute Gasteiger partial charge is 0.125 e. The summed E-state index contributed by atoms with van der Waals surface area (Å²) >= 11 is 0. The first kappa shape index (κ1) is 9.29. The first-order valence-electron chi connectivity index (χ1n) is 4.88. The minimum absolute atomic E-state index is 0.0320. The van der Waals surface area contributed by atoms with Gasteiger partial charge in [0.05, 0.1) is 24.5 Å². The lowest BCUT2D eigenvalue weighted by atomic mass is 9.75. The number of nitriles is 1. The fraction of sp³-hybridized carbons (Fsp3) is 0.545. The number of fused-ring (bicyclic) bond motifs is 1. The van der Waals surface area contributed by atoms with E-state index in [2.05, 4.69) is 18.2 Å². The summed E-state index contributed by atoms with van der Waals surface area (Å²) in [7, 11) is 0. The van der Waals surface area contributed by atoms with Gasteiger partial charge in [-0.15, -0.1) is 0 Å². The molecule has 0 fully saturated rings. The van der Waals surface area contributed by atoms with Crippen LogP contribution in [0.15, 0.2) is 24.0 Å². The summed E-state index contributed by atoms with van der Waals surface area (Å²) < 4.78 is 5.33. The number of aliphatic hydroxyl groups is 1. The van der Waals surface area contributed by atoms with Crippen molar-refractivity contribution in [3.05, 3.63) is 24.0 Å². The van der Waals surface area contributed by atoms with Gasteiger partial charge in [-0.05, 0) is 12.8 Å². The Labute approximate surface area is 83.3 Å². The molecule has 0 saturated heterocycles. The van der Waals surface area contributed by atoms with Crippen LogP contribution in [0.2, 0.25) is 0 Å². The maximum atomic E-state index is 9.13. The molecular weight excluding hydrogens is 178 g/mol. The van der Waals surface area contributed by atoms with E-state index in [1.165, 1.54) is 6.26 Å². The standard InChI is InChI=1S/C11H13NO2/c12-5-8-7-14-11(6-13)10-4-2-1-3-9(8)10/h1-2,7,9-11,13H,3-4,6H2/t9-,10-,11+/m0/s1. The lowest BCUT2D eigenvalue weighted by molar-refractivity contribution is -0.0000735. The van der Waals surface area contributed by atoms with Crippen molar-refractivity contribution in [3.8, 4) is 6.07 Å². The normalized spacial score (nSPS) is 35.1. The molecule has 0 unspecified atom stereocenters. The second-order valence-corrected chi connectivity index (χ2v) is 3.76. The Kier molecular flexibility index (Phi) is 2.55. The molecule has 3 nitrogen and oxygen atoms in total. The molecule has 74 valence electrons. The van der Waals surface area contributed by atoms with Crippen molar-refractivity contribution < 1.29 is 9.84 Å². The van der Waals surface area contributed by atoms with Crippen LogP contribution in [0.1, 0.15) is 12.8 Å². The summed E-state index contributed by atoms with van der Waals surface area (Å²) in [5.74, 6) is 0.514. The largest absolute Gasteiger partial charge is 0.494 e. The third-order valence-electron chi connectivity index (χ3n) is 3.04. The number of hydrogen-bond acceptors (Lipinski definition) is 3. The molecule has 0 bridgehead atoms. The van der Waals surface area contributed by atoms with E-state index in [0.29, 0.717) is 5.57 Å². The monoisotopic (exact) mass is 191 g/mol. The van der Waals surface area contributed by atoms with Crippen molar-refractivity contribution >= 4 is 0 Å². The fourth-order valence-corrected chi connectivity index (χ4v) is 2.24. The Bertz CT molecular complexity index is 314. The molecule has 2 aliphatic rings. The van der Waals surface area contributed by atoms with Crippen LogP contribution in [0.25, 0.3) is 0 Å². The van der Waals surface area contributed by atoms with Crippen LogP contribution in [0.3, 0.4) is 0 Å². The average Bonchev–Trinajstić information content (AvgIpc) is 2.27. The Morgan fingerprint density at radius 1 is 1.50 bits per heavy atom. The predicted molar refractivity (Wildman–Crippen MR) is 51.0 cm³/mol. The highest BCUT2D eigenvalue weighted by Gasteiger charge is 2.36. The lowest BCUT2D eigenvalue weighted by Gasteiger charge is -2.36. The fourth-order valence-electron chi connectivity index (χ4n) is 2.24. The summed E-state index contributed by atoms with van der Waals surface area (Å²) in [6.45, 7) is 0.0320. The third kappa shape index (κ3) is 1.42. The molecule has 14 heavy (non-hydrogen) atoms. The zero-order valence-corrected chi connectivity index (χ0v) is 7.89. The molecule has 0 saturated carbocycles. The Balaban J connectivity index is 2.25. The van der Waals surface area contributed by atoms with Crippen LogP contribution in [0.5, 0.6) is 0 Å². The van der Waals surface area contributed by atoms with Crippen molar-refractivity contribution in [2.75, 3.05) is 6.61 Å². The molecule has 0 aromatic rings. The first-order chi connectivity index (χ1) is 6.86. The van der Waals surface area contributed by atoms with Gasteiger partial charge in [0.1, 0.15) is 6.10 Å². The molecule has 2 rings (SSSR count). The van der Waals surface area contributed by atoms with Gasteiger partial charge in [0.25, 0.3) is 0 Å². The summed E-state index contributed by atoms with van der Waals surface area (Å²) in [5, 5.41) is 18.0. The Morgan fingerprint density at radius 3 is 3.00 bits per heavy atom. The van der Waals surface area contributed by atoms with Gasteiger partial charge in [-0.2, -0.15) is 5.26 Å². The van der Waals surface area contributed by atoms with Crippen LogP contribution in [0.4, 0.5) is 0 Å². The van der Waals surface area contributed by atoms with Crippen molar-refractivity contribution in [1.82, 2.24) is 0 Å². The molecule has 1 heterocycles. The van der Waals surface area contributed by atoms with E-state index in [0.717, 1.165) is 12.8 Å². The van der Waals surface area contributed by atoms with Gasteiger partial charge in [-0.3, -0.25) is 0 Å². The Hall–Kier alpha value is -1.27. The highest BCUT2D eigenvalue weighted by molar-refractivity contribution is 5.27. The molecule has 0 aromatic carbocycles. The summed E-state index contributed by atoms with van der Waals surface area (Å²) in [6, 6.07) is 2.17. The van der Waals surface area contributed by atoms with E-state index in [9.17, 15) is 0 Å². The van der Waals surface area contributed by atoms with E-state index >= 15 is 0 Å². The highest BCUT2D eigenvalue weighted by atomic mass is 16.5. The van der Waals surface area contributed by atoms with E-state index in [4.69, 9.17) is 15.1 Å². The summed E-state index contributed by atoms with van der Waals surface area (Å²) in [4.78, 5) is 0. The molecule has 3 heteroatoms. The number of hydrogen-bond donors (Lipinski definition) is 1. The predicted octanol–water partition coefficient (Wildman–Crippen LogP) is 1.37. The maximum Gasteiger partial charge on any atom is 0.125 e. The summed E-state index contributed by atoms with van der Waals surface area (Å²) in [6.07, 6.45) is 7.38. The van der Waals surface area contributed by atoms with Gasteiger partial charge < -0.3 is 9.84 Å². The van der Waals surface area contributed by atoms with E-state index in [1.54, 1.807) is 0 Å². The van der Waals surface area contributed by atoms with E-state index in [-0.39, 0.29) is 24.5 Å². The van der Waals surface area contributed by atoms with Gasteiger partial charge in [0.2, 0.25) is 0 Å². The number of rotatable bonds is 1. The molecule has 1 aliphatic carbocycles. The second-order valence-electron chi connectivity index (χ2n) is 3.76. The maximum absolute atomic E-state index is 9.13. The minimum atomic E-state index is -0.137. The van der Waals surface area contributed by atoms with Crippen LogP contribution in [-0.4, -0.2) is 17.8 Å². The molecule has 0 amide bonds. The van der Waals surface area contributed by atoms with Gasteiger partial charge in [0.15, 0.2) is 0 Å². The second kappa shape index (κ2) is 3.85. The van der Waals surface area contributed by atoms with Crippen LogP contribution >= 0.6 is 0 Å². The van der Waals surface area contributed by atoms with Crippen LogP contribution in [-0.2, 0) is 4.74 Å². The molecule has 1 N–H and O–H groups in total. The first-order valence-corrected chi connectivity index (χ1v) is 4.88. The SMILES string of the molecule is N#CC1=CO[C@H](CO)[C@H]2CC=CC[C@@H]12. The number of nitrogens with zero attached hydrogens (tertiary/aromatic N) is 1. The minimum Gasteiger partial charge on any atom is -0.494 e. The van der Waals surface area contributed by atoms with Gasteiger partial charge >= 0.3 is 0 Å². The van der Waals surface area contributed by atoms with Crippen molar-refractivity contribution in [2.24, 2.45) is 11.8 Å². The summed E-state index contributed by atoms with van der Waals surface area (Å²) in [5.41, 5.74) is 0.712. The molecule has 3 atom stereocenters. The number of aliphatic hydroxyl groups excluding tert-OH is 1. The van der Waals surface area contributed by atoms with Gasteiger partial charge in [0, 0.05) is 11.8 Å². The van der Waals surface area contributed by atoms with Crippen molar-refractivity contribution in [3.63, 3.8) is 0 Å². The topological polar surface area (TPSA) is 53.2 Å². The van der Waals surface area contributed by atoms with E-state index < -0.39 is 0 Å². The highest BCUT2D eigenvalue weighted by Crippen LogP contribution is 2.37. The van der Waals surface area contributed by atoms with Gasteiger partial charge in [-0.1, -0.05) is 12.2 Å².